The Hall–Kier alpha value is -2.52. The third kappa shape index (κ3) is 3.49. The Bertz CT molecular complexity index is 859. The van der Waals surface area contributed by atoms with Crippen LogP contribution in [0.3, 0.4) is 0 Å². The maximum absolute atomic E-state index is 12.6. The van der Waals surface area contributed by atoms with Crippen LogP contribution >= 0.6 is 0 Å². The fourth-order valence-electron chi connectivity index (χ4n) is 4.97. The van der Waals surface area contributed by atoms with Gasteiger partial charge < -0.3 is 19.4 Å². The molecule has 1 N–H and O–H groups in total. The van der Waals surface area contributed by atoms with Crippen molar-refractivity contribution in [2.24, 2.45) is 5.41 Å². The van der Waals surface area contributed by atoms with Gasteiger partial charge in [-0.05, 0) is 18.7 Å². The minimum atomic E-state index is 0.0808. The van der Waals surface area contributed by atoms with Gasteiger partial charge >= 0.3 is 0 Å². The lowest BCUT2D eigenvalue weighted by Crippen LogP contribution is -2.61. The lowest BCUT2D eigenvalue weighted by atomic mass is 9.70. The third-order valence-corrected chi connectivity index (χ3v) is 6.41. The van der Waals surface area contributed by atoms with Crippen LogP contribution in [0.4, 0.5) is 5.95 Å². The smallest absolute Gasteiger partial charge is 0.227 e. The fraction of sp³-hybridized carbons (Fsp3) is 0.600. The van der Waals surface area contributed by atoms with Gasteiger partial charge in [0.1, 0.15) is 0 Å². The van der Waals surface area contributed by atoms with Gasteiger partial charge in [0.2, 0.25) is 11.9 Å². The second-order valence-electron chi connectivity index (χ2n) is 8.53. The van der Waals surface area contributed by atoms with E-state index in [0.29, 0.717) is 12.3 Å². The number of hydrogen-bond acceptors (Lipinski definition) is 7. The van der Waals surface area contributed by atoms with Gasteiger partial charge in [-0.25, -0.2) is 9.97 Å². The van der Waals surface area contributed by atoms with Gasteiger partial charge in [-0.15, -0.1) is 0 Å². The number of rotatable bonds is 4. The summed E-state index contributed by atoms with van der Waals surface area (Å²) in [6, 6.07) is 2.05. The average molecular weight is 397 g/mol. The van der Waals surface area contributed by atoms with Crippen LogP contribution in [0.2, 0.25) is 0 Å². The molecule has 3 fully saturated rings. The molecule has 0 bridgehead atoms. The van der Waals surface area contributed by atoms with E-state index < -0.39 is 0 Å². The second kappa shape index (κ2) is 7.38. The number of morpholine rings is 1. The molecule has 0 saturated carbocycles. The summed E-state index contributed by atoms with van der Waals surface area (Å²) in [5, 5.41) is 6.70. The summed E-state index contributed by atoms with van der Waals surface area (Å²) in [6.07, 6.45) is 5.78. The molecule has 5 heterocycles. The highest BCUT2D eigenvalue weighted by Gasteiger charge is 2.55. The van der Waals surface area contributed by atoms with Crippen LogP contribution in [0.25, 0.3) is 0 Å². The van der Waals surface area contributed by atoms with E-state index in [-0.39, 0.29) is 11.3 Å². The first-order chi connectivity index (χ1) is 14.1. The molecule has 1 atom stereocenters. The summed E-state index contributed by atoms with van der Waals surface area (Å²) in [5.74, 6) is 1.28. The van der Waals surface area contributed by atoms with Gasteiger partial charge in [-0.1, -0.05) is 0 Å². The number of hydrogen-bond donors (Lipinski definition) is 1. The van der Waals surface area contributed by atoms with Crippen molar-refractivity contribution in [1.29, 1.82) is 0 Å². The predicted octanol–water partition coefficient (Wildman–Crippen LogP) is 0.137. The van der Waals surface area contributed by atoms with Crippen molar-refractivity contribution < 1.29 is 9.53 Å². The summed E-state index contributed by atoms with van der Waals surface area (Å²) in [5.41, 5.74) is 2.10. The van der Waals surface area contributed by atoms with E-state index in [0.717, 1.165) is 69.7 Å². The number of nitrogens with zero attached hydrogens (tertiary/aromatic N) is 6. The van der Waals surface area contributed by atoms with Crippen LogP contribution < -0.4 is 4.90 Å². The standard InChI is InChI=1S/C20H27N7O2/c1-25-11-16(17-2-3-21-19(24-17)26-4-6-29-7-5-26)20(12-25)13-27(14-20)18(28)8-15-9-22-23-10-15/h2-3,9-10,16H,4-8,11-14H2,1H3,(H,22,23). The molecule has 1 unspecified atom stereocenters. The number of ether oxygens (including phenoxy) is 1. The van der Waals surface area contributed by atoms with E-state index in [4.69, 9.17) is 9.72 Å². The van der Waals surface area contributed by atoms with E-state index >= 15 is 0 Å². The minimum Gasteiger partial charge on any atom is -0.378 e. The van der Waals surface area contributed by atoms with E-state index in [1.54, 1.807) is 12.4 Å². The highest BCUT2D eigenvalue weighted by Crippen LogP contribution is 2.48. The molecular formula is C20H27N7O2. The number of likely N-dealkylation sites (tertiary alicyclic amines) is 2. The zero-order valence-electron chi connectivity index (χ0n) is 16.8. The van der Waals surface area contributed by atoms with Crippen LogP contribution in [0.1, 0.15) is 17.2 Å². The molecule has 2 aromatic heterocycles. The van der Waals surface area contributed by atoms with Crippen LogP contribution in [0.15, 0.2) is 24.7 Å². The maximum atomic E-state index is 12.6. The Morgan fingerprint density at radius 1 is 1.31 bits per heavy atom. The monoisotopic (exact) mass is 397 g/mol. The molecule has 9 nitrogen and oxygen atoms in total. The van der Waals surface area contributed by atoms with Crippen molar-refractivity contribution in [2.75, 3.05) is 64.4 Å². The normalized spacial score (nSPS) is 24.1. The topological polar surface area (TPSA) is 90.5 Å². The lowest BCUT2D eigenvalue weighted by molar-refractivity contribution is -0.142. The Balaban J connectivity index is 1.31. The van der Waals surface area contributed by atoms with Gasteiger partial charge in [0.05, 0.1) is 31.5 Å². The zero-order chi connectivity index (χ0) is 19.8. The van der Waals surface area contributed by atoms with E-state index in [1.165, 1.54) is 0 Å². The molecule has 0 aromatic carbocycles. The third-order valence-electron chi connectivity index (χ3n) is 6.41. The van der Waals surface area contributed by atoms with Crippen molar-refractivity contribution in [3.8, 4) is 0 Å². The summed E-state index contributed by atoms with van der Waals surface area (Å²) in [6.45, 7) is 6.62. The fourth-order valence-corrected chi connectivity index (χ4v) is 4.97. The van der Waals surface area contributed by atoms with Gasteiger partial charge in [0, 0.05) is 63.0 Å². The molecule has 0 aliphatic carbocycles. The molecule has 3 aliphatic rings. The molecule has 3 saturated heterocycles. The maximum Gasteiger partial charge on any atom is 0.227 e. The lowest BCUT2D eigenvalue weighted by Gasteiger charge is -2.51. The van der Waals surface area contributed by atoms with Gasteiger partial charge in [0.15, 0.2) is 0 Å². The Morgan fingerprint density at radius 2 is 2.14 bits per heavy atom. The first kappa shape index (κ1) is 18.5. The molecule has 5 rings (SSSR count). The molecule has 1 spiro atoms. The minimum absolute atomic E-state index is 0.0808. The van der Waals surface area contributed by atoms with Crippen LogP contribution in [0, 0.1) is 5.41 Å². The molecular weight excluding hydrogens is 370 g/mol. The van der Waals surface area contributed by atoms with Gasteiger partial charge in [-0.2, -0.15) is 5.10 Å². The Kier molecular flexibility index (Phi) is 4.71. The molecule has 154 valence electrons. The quantitative estimate of drug-likeness (QED) is 0.785. The molecule has 0 radical (unpaired) electrons. The molecule has 9 heteroatoms. The molecule has 1 amide bonds. The largest absolute Gasteiger partial charge is 0.378 e. The number of carbonyl (C=O) groups excluding carboxylic acids is 1. The van der Waals surface area contributed by atoms with Crippen molar-refractivity contribution in [3.05, 3.63) is 35.9 Å². The number of H-pyrrole nitrogens is 1. The van der Waals surface area contributed by atoms with Crippen LogP contribution in [0.5, 0.6) is 0 Å². The number of amides is 1. The van der Waals surface area contributed by atoms with Crippen molar-refractivity contribution in [2.45, 2.75) is 12.3 Å². The highest BCUT2D eigenvalue weighted by molar-refractivity contribution is 5.79. The number of aromatic nitrogens is 4. The average Bonchev–Trinajstić information content (AvgIpc) is 3.35. The van der Waals surface area contributed by atoms with Gasteiger partial charge in [-0.3, -0.25) is 9.89 Å². The Labute approximate surface area is 170 Å². The van der Waals surface area contributed by atoms with Crippen molar-refractivity contribution in [1.82, 2.24) is 30.0 Å². The van der Waals surface area contributed by atoms with Crippen LogP contribution in [-0.4, -0.2) is 95.4 Å². The Morgan fingerprint density at radius 3 is 2.90 bits per heavy atom. The number of aromatic amines is 1. The number of carbonyl (C=O) groups is 1. The summed E-state index contributed by atoms with van der Waals surface area (Å²) in [7, 11) is 2.15. The van der Waals surface area contributed by atoms with Crippen molar-refractivity contribution in [3.63, 3.8) is 0 Å². The molecule has 3 aliphatic heterocycles. The van der Waals surface area contributed by atoms with Gasteiger partial charge in [0.25, 0.3) is 0 Å². The molecule has 29 heavy (non-hydrogen) atoms. The summed E-state index contributed by atoms with van der Waals surface area (Å²) < 4.78 is 5.45. The summed E-state index contributed by atoms with van der Waals surface area (Å²) in [4.78, 5) is 28.6. The van der Waals surface area contributed by atoms with Crippen molar-refractivity contribution >= 4 is 11.9 Å². The van der Waals surface area contributed by atoms with E-state index in [2.05, 4.69) is 32.0 Å². The van der Waals surface area contributed by atoms with E-state index in [1.807, 2.05) is 17.2 Å². The highest BCUT2D eigenvalue weighted by atomic mass is 16.5. The predicted molar refractivity (Wildman–Crippen MR) is 107 cm³/mol. The number of nitrogens with one attached hydrogen (secondary N) is 1. The number of anilines is 1. The zero-order valence-corrected chi connectivity index (χ0v) is 16.8. The summed E-state index contributed by atoms with van der Waals surface area (Å²) >= 11 is 0. The second-order valence-corrected chi connectivity index (χ2v) is 8.53. The first-order valence-electron chi connectivity index (χ1n) is 10.2. The first-order valence-corrected chi connectivity index (χ1v) is 10.2. The van der Waals surface area contributed by atoms with E-state index in [9.17, 15) is 4.79 Å². The molecule has 2 aromatic rings. The number of likely N-dealkylation sites (N-methyl/N-ethyl adjacent to an activating group) is 1. The van der Waals surface area contributed by atoms with Crippen LogP contribution in [-0.2, 0) is 16.0 Å². The SMILES string of the molecule is CN1CC(c2ccnc(N3CCOCC3)n2)C2(C1)CN(C(=O)Cc1cn[nH]c1)C2.